The molecule has 0 radical (unpaired) electrons. The summed E-state index contributed by atoms with van der Waals surface area (Å²) in [5.41, 5.74) is 10.8. The molecule has 0 aliphatic heterocycles. The van der Waals surface area contributed by atoms with Crippen molar-refractivity contribution < 1.29 is 9.90 Å². The number of carboxylic acid groups (broad SMARTS) is 1. The van der Waals surface area contributed by atoms with Crippen molar-refractivity contribution >= 4 is 34.5 Å². The van der Waals surface area contributed by atoms with Crippen molar-refractivity contribution in [1.29, 1.82) is 0 Å². The lowest BCUT2D eigenvalue weighted by atomic mass is 9.96. The van der Waals surface area contributed by atoms with Gasteiger partial charge in [0.15, 0.2) is 0 Å². The molecule has 2 aromatic carbocycles. The minimum atomic E-state index is -0.964. The van der Waals surface area contributed by atoms with Crippen LogP contribution in [0.4, 0.5) is 10.9 Å². The average Bonchev–Trinajstić information content (AvgIpc) is 3.00. The molecule has 120 valence electrons. The lowest BCUT2D eigenvalue weighted by Crippen LogP contribution is -2.01. The molecular weight excluding hydrogens is 324 g/mol. The highest BCUT2D eigenvalue weighted by Crippen LogP contribution is 2.26. The van der Waals surface area contributed by atoms with Crippen molar-refractivity contribution in [2.75, 3.05) is 11.2 Å². The lowest BCUT2D eigenvalue weighted by Gasteiger charge is -2.09. The third-order valence-corrected chi connectivity index (χ3v) is 4.06. The van der Waals surface area contributed by atoms with Crippen molar-refractivity contribution in [3.05, 3.63) is 65.0 Å². The van der Waals surface area contributed by atoms with E-state index in [1.165, 1.54) is 11.3 Å². The number of aromatic carboxylic acids is 1. The predicted molar refractivity (Wildman–Crippen MR) is 96.6 cm³/mol. The van der Waals surface area contributed by atoms with Crippen molar-refractivity contribution in [2.24, 2.45) is 5.10 Å². The van der Waals surface area contributed by atoms with E-state index >= 15 is 0 Å². The van der Waals surface area contributed by atoms with Crippen LogP contribution in [-0.2, 0) is 0 Å². The van der Waals surface area contributed by atoms with Crippen LogP contribution in [0.25, 0.3) is 11.1 Å². The Labute approximate surface area is 142 Å². The largest absolute Gasteiger partial charge is 0.478 e. The number of nitrogens with one attached hydrogen (secondary N) is 1. The number of nitrogen functional groups attached to an aromatic ring is 1. The standard InChI is InChI=1S/C17H14N4O2S/c18-15-10-24-17(20-15)21-19-9-11-5-1-2-6-12(11)13-7-3-4-8-14(13)16(22)23/h1-10H,18H2,(H,20,21)(H,22,23). The Morgan fingerprint density at radius 2 is 1.88 bits per heavy atom. The van der Waals surface area contributed by atoms with Crippen LogP contribution in [0.3, 0.4) is 0 Å². The molecule has 7 heteroatoms. The molecule has 4 N–H and O–H groups in total. The Morgan fingerprint density at radius 3 is 2.58 bits per heavy atom. The molecule has 0 spiro atoms. The third-order valence-electron chi connectivity index (χ3n) is 3.29. The second kappa shape index (κ2) is 6.93. The highest BCUT2D eigenvalue weighted by Gasteiger charge is 2.12. The molecule has 0 aliphatic carbocycles. The maximum atomic E-state index is 11.4. The minimum Gasteiger partial charge on any atom is -0.478 e. The zero-order chi connectivity index (χ0) is 16.9. The Hall–Kier alpha value is -3.19. The van der Waals surface area contributed by atoms with Gasteiger partial charge >= 0.3 is 5.97 Å². The first-order valence-corrected chi connectivity index (χ1v) is 7.95. The topological polar surface area (TPSA) is 101 Å². The van der Waals surface area contributed by atoms with Gasteiger partial charge in [-0.05, 0) is 17.2 Å². The first-order chi connectivity index (χ1) is 11.6. The molecule has 3 rings (SSSR count). The smallest absolute Gasteiger partial charge is 0.336 e. The predicted octanol–water partition coefficient (Wildman–Crippen LogP) is 3.54. The molecule has 1 aromatic heterocycles. The summed E-state index contributed by atoms with van der Waals surface area (Å²) in [5.74, 6) is -0.526. The number of rotatable bonds is 5. The van der Waals surface area contributed by atoms with Crippen LogP contribution in [-0.4, -0.2) is 22.3 Å². The van der Waals surface area contributed by atoms with Gasteiger partial charge in [0.1, 0.15) is 5.82 Å². The molecule has 1 heterocycles. The van der Waals surface area contributed by atoms with Crippen molar-refractivity contribution in [1.82, 2.24) is 4.98 Å². The quantitative estimate of drug-likeness (QED) is 0.488. The third kappa shape index (κ3) is 3.41. The van der Waals surface area contributed by atoms with Gasteiger partial charge in [-0.15, -0.1) is 11.3 Å². The number of hydrazone groups is 1. The maximum absolute atomic E-state index is 11.4. The van der Waals surface area contributed by atoms with Crippen LogP contribution in [0, 0.1) is 0 Å². The Kier molecular flexibility index (Phi) is 4.53. The Morgan fingerprint density at radius 1 is 1.17 bits per heavy atom. The molecule has 0 aliphatic rings. The van der Waals surface area contributed by atoms with Crippen LogP contribution < -0.4 is 11.2 Å². The summed E-state index contributed by atoms with van der Waals surface area (Å²) in [6.45, 7) is 0. The highest BCUT2D eigenvalue weighted by molar-refractivity contribution is 7.14. The number of benzene rings is 2. The van der Waals surface area contributed by atoms with E-state index in [0.29, 0.717) is 16.5 Å². The molecule has 0 saturated heterocycles. The molecular formula is C17H14N4O2S. The van der Waals surface area contributed by atoms with Crippen molar-refractivity contribution in [2.45, 2.75) is 0 Å². The zero-order valence-corrected chi connectivity index (χ0v) is 13.3. The van der Waals surface area contributed by atoms with Gasteiger partial charge in [0.2, 0.25) is 5.13 Å². The van der Waals surface area contributed by atoms with E-state index in [2.05, 4.69) is 15.5 Å². The average molecular weight is 338 g/mol. The number of thiazole rings is 1. The minimum absolute atomic E-state index is 0.249. The van der Waals surface area contributed by atoms with E-state index in [1.54, 1.807) is 29.8 Å². The monoisotopic (exact) mass is 338 g/mol. The second-order valence-corrected chi connectivity index (χ2v) is 5.74. The van der Waals surface area contributed by atoms with Crippen molar-refractivity contribution in [3.8, 4) is 11.1 Å². The number of carboxylic acids is 1. The van der Waals surface area contributed by atoms with Gasteiger partial charge in [0.05, 0.1) is 11.8 Å². The summed E-state index contributed by atoms with van der Waals surface area (Å²) in [7, 11) is 0. The van der Waals surface area contributed by atoms with Gasteiger partial charge in [-0.1, -0.05) is 42.5 Å². The number of anilines is 2. The molecule has 6 nitrogen and oxygen atoms in total. The molecule has 0 atom stereocenters. The molecule has 0 amide bonds. The number of nitrogens with two attached hydrogens (primary N) is 1. The molecule has 0 bridgehead atoms. The van der Waals surface area contributed by atoms with Crippen LogP contribution in [0.5, 0.6) is 0 Å². The first-order valence-electron chi connectivity index (χ1n) is 7.07. The molecule has 0 fully saturated rings. The fourth-order valence-electron chi connectivity index (χ4n) is 2.25. The normalized spacial score (nSPS) is 10.8. The molecule has 3 aromatic rings. The summed E-state index contributed by atoms with van der Waals surface area (Å²) < 4.78 is 0. The molecule has 24 heavy (non-hydrogen) atoms. The van der Waals surface area contributed by atoms with Gasteiger partial charge < -0.3 is 10.8 Å². The summed E-state index contributed by atoms with van der Waals surface area (Å²) in [6.07, 6.45) is 1.63. The van der Waals surface area contributed by atoms with E-state index in [0.717, 1.165) is 11.1 Å². The summed E-state index contributed by atoms with van der Waals surface area (Å²) in [5, 5.41) is 15.8. The number of hydrogen-bond acceptors (Lipinski definition) is 6. The second-order valence-electron chi connectivity index (χ2n) is 4.89. The van der Waals surface area contributed by atoms with Gasteiger partial charge in [-0.3, -0.25) is 5.43 Å². The maximum Gasteiger partial charge on any atom is 0.336 e. The van der Waals surface area contributed by atoms with E-state index in [-0.39, 0.29) is 5.56 Å². The lowest BCUT2D eigenvalue weighted by molar-refractivity contribution is 0.0697. The number of nitrogens with zero attached hydrogens (tertiary/aromatic N) is 2. The van der Waals surface area contributed by atoms with Crippen LogP contribution in [0.15, 0.2) is 59.0 Å². The van der Waals surface area contributed by atoms with E-state index < -0.39 is 5.97 Å². The summed E-state index contributed by atoms with van der Waals surface area (Å²) in [6, 6.07) is 14.4. The zero-order valence-electron chi connectivity index (χ0n) is 12.5. The van der Waals surface area contributed by atoms with Crippen LogP contribution in [0.1, 0.15) is 15.9 Å². The summed E-state index contributed by atoms with van der Waals surface area (Å²) in [4.78, 5) is 15.5. The number of hydrogen-bond donors (Lipinski definition) is 3. The van der Waals surface area contributed by atoms with Gasteiger partial charge in [0.25, 0.3) is 0 Å². The molecule has 0 saturated carbocycles. The molecule has 0 unspecified atom stereocenters. The Bertz CT molecular complexity index is 905. The van der Waals surface area contributed by atoms with Crippen molar-refractivity contribution in [3.63, 3.8) is 0 Å². The Balaban J connectivity index is 1.93. The number of carbonyl (C=O) groups is 1. The van der Waals surface area contributed by atoms with E-state index in [1.807, 2.05) is 30.3 Å². The fraction of sp³-hybridized carbons (Fsp3) is 0. The van der Waals surface area contributed by atoms with Gasteiger partial charge in [-0.2, -0.15) is 5.10 Å². The summed E-state index contributed by atoms with van der Waals surface area (Å²) >= 11 is 1.35. The fourth-order valence-corrected chi connectivity index (χ4v) is 2.80. The first kappa shape index (κ1) is 15.7. The van der Waals surface area contributed by atoms with Crippen LogP contribution >= 0.6 is 11.3 Å². The highest BCUT2D eigenvalue weighted by atomic mass is 32.1. The van der Waals surface area contributed by atoms with Gasteiger partial charge in [0, 0.05) is 10.9 Å². The SMILES string of the molecule is Nc1csc(NN=Cc2ccccc2-c2ccccc2C(=O)O)n1. The van der Waals surface area contributed by atoms with E-state index in [4.69, 9.17) is 5.73 Å². The van der Waals surface area contributed by atoms with E-state index in [9.17, 15) is 9.90 Å². The van der Waals surface area contributed by atoms with Gasteiger partial charge in [-0.25, -0.2) is 9.78 Å². The number of aromatic nitrogens is 1. The van der Waals surface area contributed by atoms with Crippen LogP contribution in [0.2, 0.25) is 0 Å².